The number of aliphatic hydroxyl groups is 1. The maximum absolute atomic E-state index is 14.3. The molecule has 0 aliphatic carbocycles. The predicted molar refractivity (Wildman–Crippen MR) is 77.7 cm³/mol. The standard InChI is InChI=1S/C16H17FN2O5/c1-19-13(21)10-11(14(19)22)16(7-20,15(23)24-2)18-12(10)8-5-3-4-6-9(8)17/h3-6,10-12,18,20H,7H2,1-2H3/p+1/t10-,11+,12+,16+/m0/s1. The number of nitrogens with two attached hydrogens (primary N) is 1. The number of halogens is 1. The monoisotopic (exact) mass is 337 g/mol. The van der Waals surface area contributed by atoms with Crippen LogP contribution >= 0.6 is 0 Å². The van der Waals surface area contributed by atoms with Crippen molar-refractivity contribution in [2.45, 2.75) is 11.6 Å². The number of carbonyl (C=O) groups is 3. The van der Waals surface area contributed by atoms with Crippen molar-refractivity contribution in [1.82, 2.24) is 4.90 Å². The summed E-state index contributed by atoms with van der Waals surface area (Å²) >= 11 is 0. The Kier molecular flexibility index (Phi) is 3.89. The Balaban J connectivity index is 2.17. The molecule has 0 aromatic heterocycles. The van der Waals surface area contributed by atoms with Crippen molar-refractivity contribution < 1.29 is 33.9 Å². The van der Waals surface area contributed by atoms with E-state index in [1.807, 2.05) is 0 Å². The van der Waals surface area contributed by atoms with Gasteiger partial charge in [-0.25, -0.2) is 9.18 Å². The van der Waals surface area contributed by atoms with Gasteiger partial charge in [-0.1, -0.05) is 18.2 Å². The zero-order valence-electron chi connectivity index (χ0n) is 13.2. The molecule has 128 valence electrons. The van der Waals surface area contributed by atoms with Crippen molar-refractivity contribution in [3.8, 4) is 0 Å². The van der Waals surface area contributed by atoms with Crippen molar-refractivity contribution in [2.24, 2.45) is 11.8 Å². The number of amides is 2. The molecule has 24 heavy (non-hydrogen) atoms. The van der Waals surface area contributed by atoms with Gasteiger partial charge in [0.15, 0.2) is 0 Å². The van der Waals surface area contributed by atoms with Gasteiger partial charge in [-0.05, 0) is 6.07 Å². The second kappa shape index (κ2) is 5.64. The molecule has 2 saturated heterocycles. The van der Waals surface area contributed by atoms with Crippen LogP contribution in [0.5, 0.6) is 0 Å². The minimum absolute atomic E-state index is 0.211. The molecule has 4 atom stereocenters. The number of benzene rings is 1. The Hall–Kier alpha value is -2.32. The molecular formula is C16H18FN2O5+. The van der Waals surface area contributed by atoms with Crippen LogP contribution in [0.1, 0.15) is 11.6 Å². The van der Waals surface area contributed by atoms with Crippen LogP contribution in [-0.4, -0.2) is 54.1 Å². The average Bonchev–Trinajstić information content (AvgIpc) is 3.05. The van der Waals surface area contributed by atoms with Crippen molar-refractivity contribution in [3.05, 3.63) is 35.6 Å². The molecule has 2 aliphatic rings. The first-order valence-electron chi connectivity index (χ1n) is 7.50. The van der Waals surface area contributed by atoms with Gasteiger partial charge in [0, 0.05) is 12.6 Å². The number of fused-ring (bicyclic) bond motifs is 1. The summed E-state index contributed by atoms with van der Waals surface area (Å²) in [6, 6.07) is 5.08. The number of imide groups is 1. The molecule has 3 rings (SSSR count). The fraction of sp³-hybridized carbons (Fsp3) is 0.438. The number of carbonyl (C=O) groups excluding carboxylic acids is 3. The van der Waals surface area contributed by atoms with E-state index in [1.165, 1.54) is 30.6 Å². The smallest absolute Gasteiger partial charge is 0.371 e. The Morgan fingerprint density at radius 3 is 2.62 bits per heavy atom. The average molecular weight is 337 g/mol. The SMILES string of the molecule is COC(=O)[C@]1(CO)[NH2+][C@H](c2ccccc2F)[C@H]2C(=O)N(C)C(=O)[C@@H]21. The summed E-state index contributed by atoms with van der Waals surface area (Å²) in [4.78, 5) is 38.3. The second-order valence-electron chi connectivity index (χ2n) is 6.14. The van der Waals surface area contributed by atoms with Crippen LogP contribution in [0, 0.1) is 17.7 Å². The minimum atomic E-state index is -1.66. The molecule has 2 fully saturated rings. The molecule has 0 saturated carbocycles. The van der Waals surface area contributed by atoms with Crippen molar-refractivity contribution in [1.29, 1.82) is 0 Å². The number of aliphatic hydroxyl groups excluding tert-OH is 1. The molecule has 1 aromatic carbocycles. The number of esters is 1. The molecule has 7 nitrogen and oxygen atoms in total. The molecule has 0 spiro atoms. The highest BCUT2D eigenvalue weighted by Gasteiger charge is 2.72. The maximum Gasteiger partial charge on any atom is 0.371 e. The third kappa shape index (κ3) is 1.99. The number of methoxy groups -OCH3 is 1. The van der Waals surface area contributed by atoms with E-state index >= 15 is 0 Å². The quantitative estimate of drug-likeness (QED) is 0.521. The van der Waals surface area contributed by atoms with Crippen LogP contribution in [0.3, 0.4) is 0 Å². The summed E-state index contributed by atoms with van der Waals surface area (Å²) in [6.07, 6.45) is 0. The van der Waals surface area contributed by atoms with E-state index in [2.05, 4.69) is 0 Å². The Bertz CT molecular complexity index is 724. The summed E-state index contributed by atoms with van der Waals surface area (Å²) in [5, 5.41) is 11.3. The number of hydrogen-bond acceptors (Lipinski definition) is 5. The number of likely N-dealkylation sites (tertiary alicyclic amines) is 1. The molecular weight excluding hydrogens is 319 g/mol. The normalized spacial score (nSPS) is 32.2. The van der Waals surface area contributed by atoms with Gasteiger partial charge in [-0.2, -0.15) is 0 Å². The van der Waals surface area contributed by atoms with Crippen molar-refractivity contribution in [2.75, 3.05) is 20.8 Å². The summed E-state index contributed by atoms with van der Waals surface area (Å²) in [6.45, 7) is -0.696. The van der Waals surface area contributed by atoms with E-state index in [0.717, 1.165) is 12.0 Å². The van der Waals surface area contributed by atoms with Gasteiger partial charge in [0.05, 0.1) is 7.11 Å². The van der Waals surface area contributed by atoms with Crippen LogP contribution in [0.4, 0.5) is 4.39 Å². The first-order valence-corrected chi connectivity index (χ1v) is 7.50. The van der Waals surface area contributed by atoms with Gasteiger partial charge >= 0.3 is 5.97 Å². The number of hydrogen-bond donors (Lipinski definition) is 2. The summed E-state index contributed by atoms with van der Waals surface area (Å²) in [5.74, 6) is -4.45. The first kappa shape index (κ1) is 16.5. The molecule has 1 aromatic rings. The van der Waals surface area contributed by atoms with Crippen LogP contribution in [0.15, 0.2) is 24.3 Å². The lowest BCUT2D eigenvalue weighted by Gasteiger charge is -2.26. The lowest BCUT2D eigenvalue weighted by molar-refractivity contribution is -0.735. The van der Waals surface area contributed by atoms with E-state index in [0.29, 0.717) is 0 Å². The minimum Gasteiger partial charge on any atom is -0.464 e. The number of nitrogens with zero attached hydrogens (tertiary/aromatic N) is 1. The Morgan fingerprint density at radius 1 is 1.38 bits per heavy atom. The zero-order chi connectivity index (χ0) is 17.6. The van der Waals surface area contributed by atoms with Crippen LogP contribution in [0.25, 0.3) is 0 Å². The summed E-state index contributed by atoms with van der Waals surface area (Å²) in [5.41, 5.74) is -1.45. The van der Waals surface area contributed by atoms with Crippen molar-refractivity contribution in [3.63, 3.8) is 0 Å². The van der Waals surface area contributed by atoms with Crippen LogP contribution in [0.2, 0.25) is 0 Å². The van der Waals surface area contributed by atoms with E-state index < -0.39 is 53.6 Å². The number of quaternary nitrogens is 1. The first-order chi connectivity index (χ1) is 11.4. The predicted octanol–water partition coefficient (Wildman–Crippen LogP) is -1.42. The van der Waals surface area contributed by atoms with Crippen LogP contribution < -0.4 is 5.32 Å². The molecule has 8 heteroatoms. The molecule has 3 N–H and O–H groups in total. The molecule has 0 unspecified atom stereocenters. The maximum atomic E-state index is 14.3. The largest absolute Gasteiger partial charge is 0.464 e. The van der Waals surface area contributed by atoms with Gasteiger partial charge < -0.3 is 15.2 Å². The fourth-order valence-electron chi connectivity index (χ4n) is 3.90. The van der Waals surface area contributed by atoms with E-state index in [-0.39, 0.29) is 5.56 Å². The third-order valence-electron chi connectivity index (χ3n) is 5.08. The van der Waals surface area contributed by atoms with E-state index in [9.17, 15) is 23.9 Å². The molecule has 0 bridgehead atoms. The van der Waals surface area contributed by atoms with Gasteiger partial charge in [0.25, 0.3) is 0 Å². The van der Waals surface area contributed by atoms with Gasteiger partial charge in [-0.15, -0.1) is 0 Å². The lowest BCUT2D eigenvalue weighted by atomic mass is 9.79. The highest BCUT2D eigenvalue weighted by molar-refractivity contribution is 6.08. The molecule has 2 amide bonds. The lowest BCUT2D eigenvalue weighted by Crippen LogP contribution is -2.99. The number of ether oxygens (including phenoxy) is 1. The molecule has 0 radical (unpaired) electrons. The molecule has 2 heterocycles. The Morgan fingerprint density at radius 2 is 2.04 bits per heavy atom. The van der Waals surface area contributed by atoms with Crippen LogP contribution in [-0.2, 0) is 19.1 Å². The van der Waals surface area contributed by atoms with E-state index in [4.69, 9.17) is 4.74 Å². The topological polar surface area (TPSA) is 101 Å². The fourth-order valence-corrected chi connectivity index (χ4v) is 3.90. The molecule has 2 aliphatic heterocycles. The zero-order valence-corrected chi connectivity index (χ0v) is 13.2. The van der Waals surface area contributed by atoms with Gasteiger partial charge in [-0.3, -0.25) is 14.5 Å². The highest BCUT2D eigenvalue weighted by Crippen LogP contribution is 2.44. The van der Waals surface area contributed by atoms with E-state index in [1.54, 1.807) is 6.07 Å². The van der Waals surface area contributed by atoms with Gasteiger partial charge in [0.1, 0.15) is 30.3 Å². The van der Waals surface area contributed by atoms with Crippen molar-refractivity contribution >= 4 is 17.8 Å². The summed E-state index contributed by atoms with van der Waals surface area (Å²) in [7, 11) is 2.46. The highest BCUT2D eigenvalue weighted by atomic mass is 19.1. The Labute approximate surface area is 137 Å². The third-order valence-corrected chi connectivity index (χ3v) is 5.08. The number of rotatable bonds is 3. The van der Waals surface area contributed by atoms with Gasteiger partial charge in [0.2, 0.25) is 17.4 Å². The second-order valence-corrected chi connectivity index (χ2v) is 6.14. The summed E-state index contributed by atoms with van der Waals surface area (Å²) < 4.78 is 19.0.